The number of hydrogen-bond acceptors (Lipinski definition) is 3. The fourth-order valence-electron chi connectivity index (χ4n) is 2.27. The zero-order valence-electron chi connectivity index (χ0n) is 11.2. The van der Waals surface area contributed by atoms with Crippen LogP contribution in [0.3, 0.4) is 0 Å². The van der Waals surface area contributed by atoms with Crippen molar-refractivity contribution in [3.8, 4) is 0 Å². The second-order valence-corrected chi connectivity index (χ2v) is 4.84. The summed E-state index contributed by atoms with van der Waals surface area (Å²) in [6, 6.07) is 14.9. The number of nitrogen functional groups attached to an aromatic ring is 1. The van der Waals surface area contributed by atoms with Crippen molar-refractivity contribution in [1.29, 1.82) is 0 Å². The van der Waals surface area contributed by atoms with E-state index in [0.29, 0.717) is 22.5 Å². The Morgan fingerprint density at radius 3 is 2.71 bits per heavy atom. The maximum absolute atomic E-state index is 13.1. The van der Waals surface area contributed by atoms with Crippen LogP contribution in [0.1, 0.15) is 16.1 Å². The zero-order chi connectivity index (χ0) is 14.8. The van der Waals surface area contributed by atoms with Gasteiger partial charge in [-0.05, 0) is 29.8 Å². The Bertz CT molecular complexity index is 830. The number of aromatic nitrogens is 1. The van der Waals surface area contributed by atoms with Crippen molar-refractivity contribution < 1.29 is 9.18 Å². The first-order valence-corrected chi connectivity index (χ1v) is 6.56. The molecule has 0 aliphatic heterocycles. The maximum Gasteiger partial charge on any atom is 0.185 e. The summed E-state index contributed by atoms with van der Waals surface area (Å²) >= 11 is 0. The molecule has 0 saturated carbocycles. The number of nitrogens with zero attached hydrogens (tertiary/aromatic N) is 1. The Labute approximate surface area is 121 Å². The normalized spacial score (nSPS) is 10.7. The lowest BCUT2D eigenvalue weighted by atomic mass is 10.0. The summed E-state index contributed by atoms with van der Waals surface area (Å²) in [5, 5.41) is 0.819. The minimum absolute atomic E-state index is 0.0997. The van der Waals surface area contributed by atoms with Crippen LogP contribution in [0.15, 0.2) is 54.6 Å². The van der Waals surface area contributed by atoms with E-state index in [1.54, 1.807) is 18.2 Å². The monoisotopic (exact) mass is 280 g/mol. The second kappa shape index (κ2) is 5.32. The molecule has 0 amide bonds. The van der Waals surface area contributed by atoms with Crippen LogP contribution in [0.2, 0.25) is 0 Å². The molecule has 4 heteroatoms. The number of hydrogen-bond donors (Lipinski definition) is 1. The Kier molecular flexibility index (Phi) is 3.36. The molecule has 21 heavy (non-hydrogen) atoms. The molecule has 1 aromatic heterocycles. The highest BCUT2D eigenvalue weighted by Gasteiger charge is 2.12. The van der Waals surface area contributed by atoms with Gasteiger partial charge in [0, 0.05) is 17.5 Å². The van der Waals surface area contributed by atoms with Crippen LogP contribution in [0, 0.1) is 5.82 Å². The highest BCUT2D eigenvalue weighted by Crippen LogP contribution is 2.21. The summed E-state index contributed by atoms with van der Waals surface area (Å²) in [5.41, 5.74) is 8.08. The lowest BCUT2D eigenvalue weighted by Gasteiger charge is -2.06. The summed E-state index contributed by atoms with van der Waals surface area (Å²) in [6.07, 6.45) is 0.0997. The number of para-hydroxylation sites is 1. The molecule has 3 rings (SSSR count). The summed E-state index contributed by atoms with van der Waals surface area (Å²) in [7, 11) is 0. The van der Waals surface area contributed by atoms with E-state index in [1.165, 1.54) is 12.1 Å². The van der Waals surface area contributed by atoms with E-state index in [0.717, 1.165) is 5.39 Å². The largest absolute Gasteiger partial charge is 0.398 e. The number of halogens is 1. The van der Waals surface area contributed by atoms with Crippen molar-refractivity contribution in [2.45, 2.75) is 6.42 Å². The van der Waals surface area contributed by atoms with Crippen molar-refractivity contribution in [2.75, 3.05) is 5.73 Å². The van der Waals surface area contributed by atoms with Gasteiger partial charge in [-0.3, -0.25) is 4.79 Å². The molecule has 0 unspecified atom stereocenters. The van der Waals surface area contributed by atoms with Crippen molar-refractivity contribution in [3.05, 3.63) is 71.7 Å². The molecule has 0 radical (unpaired) electrons. The number of fused-ring (bicyclic) bond motifs is 1. The number of carbonyl (C=O) groups is 1. The number of pyridine rings is 1. The average Bonchev–Trinajstić information content (AvgIpc) is 2.47. The van der Waals surface area contributed by atoms with Crippen LogP contribution >= 0.6 is 0 Å². The van der Waals surface area contributed by atoms with E-state index in [-0.39, 0.29) is 18.0 Å². The van der Waals surface area contributed by atoms with Gasteiger partial charge in [-0.2, -0.15) is 0 Å². The van der Waals surface area contributed by atoms with Crippen LogP contribution in [-0.2, 0) is 6.42 Å². The standard InChI is InChI=1S/C17H13FN2O/c18-12-5-3-4-11(8-12)9-17(21)16-10-14(19)13-6-1-2-7-15(13)20-16/h1-8,10H,9H2,(H2,19,20). The van der Waals surface area contributed by atoms with Gasteiger partial charge in [0.25, 0.3) is 0 Å². The predicted molar refractivity (Wildman–Crippen MR) is 80.6 cm³/mol. The van der Waals surface area contributed by atoms with Gasteiger partial charge >= 0.3 is 0 Å². The topological polar surface area (TPSA) is 56.0 Å². The highest BCUT2D eigenvalue weighted by molar-refractivity contribution is 6.01. The van der Waals surface area contributed by atoms with Crippen LogP contribution in [0.4, 0.5) is 10.1 Å². The number of carbonyl (C=O) groups excluding carboxylic acids is 1. The third-order valence-corrected chi connectivity index (χ3v) is 3.29. The smallest absolute Gasteiger partial charge is 0.185 e. The molecule has 0 bridgehead atoms. The second-order valence-electron chi connectivity index (χ2n) is 4.84. The summed E-state index contributed by atoms with van der Waals surface area (Å²) < 4.78 is 13.1. The third kappa shape index (κ3) is 2.74. The van der Waals surface area contributed by atoms with Crippen LogP contribution in [0.5, 0.6) is 0 Å². The fraction of sp³-hybridized carbons (Fsp3) is 0.0588. The molecule has 0 aliphatic rings. The van der Waals surface area contributed by atoms with Gasteiger partial charge < -0.3 is 5.73 Å². The molecule has 1 heterocycles. The first-order valence-electron chi connectivity index (χ1n) is 6.56. The molecule has 3 aromatic rings. The van der Waals surface area contributed by atoms with E-state index in [9.17, 15) is 9.18 Å². The van der Waals surface area contributed by atoms with E-state index in [2.05, 4.69) is 4.98 Å². The first-order chi connectivity index (χ1) is 10.1. The number of Topliss-reactive ketones (excluding diaryl/α,β-unsaturated/α-hetero) is 1. The van der Waals surface area contributed by atoms with E-state index >= 15 is 0 Å². The van der Waals surface area contributed by atoms with E-state index in [4.69, 9.17) is 5.73 Å². The van der Waals surface area contributed by atoms with Gasteiger partial charge in [0.1, 0.15) is 11.5 Å². The number of benzene rings is 2. The van der Waals surface area contributed by atoms with Gasteiger partial charge in [-0.15, -0.1) is 0 Å². The number of anilines is 1. The Hall–Kier alpha value is -2.75. The summed E-state index contributed by atoms with van der Waals surface area (Å²) in [5.74, 6) is -0.538. The molecular formula is C17H13FN2O. The Morgan fingerprint density at radius 1 is 1.10 bits per heavy atom. The molecule has 0 spiro atoms. The Morgan fingerprint density at radius 2 is 1.90 bits per heavy atom. The SMILES string of the molecule is Nc1cc(C(=O)Cc2cccc(F)c2)nc2ccccc12. The predicted octanol–water partition coefficient (Wildman–Crippen LogP) is 3.38. The lowest BCUT2D eigenvalue weighted by Crippen LogP contribution is -2.07. The van der Waals surface area contributed by atoms with Gasteiger partial charge in [-0.25, -0.2) is 9.37 Å². The molecule has 0 atom stereocenters. The minimum atomic E-state index is -0.355. The fourth-order valence-corrected chi connectivity index (χ4v) is 2.27. The molecule has 104 valence electrons. The van der Waals surface area contributed by atoms with Crippen LogP contribution in [0.25, 0.3) is 10.9 Å². The summed E-state index contributed by atoms with van der Waals surface area (Å²) in [4.78, 5) is 16.6. The average molecular weight is 280 g/mol. The maximum atomic E-state index is 13.1. The molecule has 0 aliphatic carbocycles. The summed E-state index contributed by atoms with van der Waals surface area (Å²) in [6.45, 7) is 0. The van der Waals surface area contributed by atoms with Crippen molar-refractivity contribution in [3.63, 3.8) is 0 Å². The molecular weight excluding hydrogens is 267 g/mol. The van der Waals surface area contributed by atoms with Gasteiger partial charge in [0.15, 0.2) is 5.78 Å². The number of rotatable bonds is 3. The van der Waals surface area contributed by atoms with Gasteiger partial charge in [0.2, 0.25) is 0 Å². The number of ketones is 1. The Balaban J connectivity index is 1.94. The van der Waals surface area contributed by atoms with Crippen molar-refractivity contribution >= 4 is 22.4 Å². The van der Waals surface area contributed by atoms with E-state index < -0.39 is 0 Å². The van der Waals surface area contributed by atoms with Crippen molar-refractivity contribution in [2.24, 2.45) is 0 Å². The van der Waals surface area contributed by atoms with Crippen LogP contribution in [-0.4, -0.2) is 10.8 Å². The quantitative estimate of drug-likeness (QED) is 0.748. The third-order valence-electron chi connectivity index (χ3n) is 3.29. The molecule has 3 nitrogen and oxygen atoms in total. The lowest BCUT2D eigenvalue weighted by molar-refractivity contribution is 0.0988. The van der Waals surface area contributed by atoms with E-state index in [1.807, 2.05) is 24.3 Å². The zero-order valence-corrected chi connectivity index (χ0v) is 11.2. The van der Waals surface area contributed by atoms with Crippen LogP contribution < -0.4 is 5.73 Å². The molecule has 2 aromatic carbocycles. The van der Waals surface area contributed by atoms with Gasteiger partial charge in [0.05, 0.1) is 5.52 Å². The number of nitrogens with two attached hydrogens (primary N) is 1. The minimum Gasteiger partial charge on any atom is -0.398 e. The molecule has 0 fully saturated rings. The van der Waals surface area contributed by atoms with Gasteiger partial charge in [-0.1, -0.05) is 30.3 Å². The molecule has 0 saturated heterocycles. The van der Waals surface area contributed by atoms with Crippen molar-refractivity contribution in [1.82, 2.24) is 4.98 Å². The first kappa shape index (κ1) is 13.2. The highest BCUT2D eigenvalue weighted by atomic mass is 19.1. The molecule has 2 N–H and O–H groups in total.